The van der Waals surface area contributed by atoms with Crippen LogP contribution in [0.2, 0.25) is 0 Å². The number of aromatic nitrogens is 2. The van der Waals surface area contributed by atoms with Crippen LogP contribution in [0.25, 0.3) is 10.4 Å². The second-order valence-electron chi connectivity index (χ2n) is 7.43. The molecule has 4 rings (SSSR count). The Morgan fingerprint density at radius 3 is 2.61 bits per heavy atom. The van der Waals surface area contributed by atoms with Gasteiger partial charge >= 0.3 is 5.69 Å². The summed E-state index contributed by atoms with van der Waals surface area (Å²) in [5.41, 5.74) is 1.65. The number of hydrogen-bond donors (Lipinski definition) is 0. The van der Waals surface area contributed by atoms with Crippen molar-refractivity contribution in [2.75, 3.05) is 19.6 Å². The van der Waals surface area contributed by atoms with Crippen LogP contribution in [-0.4, -0.2) is 56.8 Å². The minimum Gasteiger partial charge on any atom is -0.339 e. The number of carbonyl (C=O) groups is 2. The SMILES string of the molecule is CCN1CCN(C(=O)Cn2cccnc2=O)C(Cc2ccc(-c3cccs3)cc2)C1=O. The number of nitrogens with zero attached hydrogens (tertiary/aromatic N) is 4. The molecule has 1 aliphatic heterocycles. The first kappa shape index (κ1) is 21.0. The molecule has 0 aliphatic carbocycles. The van der Waals surface area contributed by atoms with Gasteiger partial charge in [0.15, 0.2) is 0 Å². The first-order valence-corrected chi connectivity index (χ1v) is 11.2. The summed E-state index contributed by atoms with van der Waals surface area (Å²) in [6.07, 6.45) is 3.37. The van der Waals surface area contributed by atoms with Crippen LogP contribution < -0.4 is 5.69 Å². The Kier molecular flexibility index (Phi) is 6.27. The summed E-state index contributed by atoms with van der Waals surface area (Å²) in [7, 11) is 0. The third kappa shape index (κ3) is 4.59. The van der Waals surface area contributed by atoms with Crippen molar-refractivity contribution in [1.82, 2.24) is 19.4 Å². The van der Waals surface area contributed by atoms with E-state index in [1.54, 1.807) is 27.2 Å². The van der Waals surface area contributed by atoms with E-state index in [4.69, 9.17) is 0 Å². The number of carbonyl (C=O) groups excluding carboxylic acids is 2. The summed E-state index contributed by atoms with van der Waals surface area (Å²) < 4.78 is 1.27. The Morgan fingerprint density at radius 2 is 1.94 bits per heavy atom. The van der Waals surface area contributed by atoms with Crippen LogP contribution in [-0.2, 0) is 22.6 Å². The van der Waals surface area contributed by atoms with Crippen LogP contribution in [0, 0.1) is 0 Å². The van der Waals surface area contributed by atoms with Gasteiger partial charge in [-0.1, -0.05) is 30.3 Å². The van der Waals surface area contributed by atoms with Gasteiger partial charge in [-0.2, -0.15) is 0 Å². The molecule has 1 saturated heterocycles. The molecule has 0 bridgehead atoms. The predicted molar refractivity (Wildman–Crippen MR) is 120 cm³/mol. The number of likely N-dealkylation sites (N-methyl/N-ethyl adjacent to an activating group) is 1. The molecule has 1 aromatic carbocycles. The molecule has 31 heavy (non-hydrogen) atoms. The molecule has 0 radical (unpaired) electrons. The van der Waals surface area contributed by atoms with Gasteiger partial charge in [-0.3, -0.25) is 14.2 Å². The maximum atomic E-state index is 13.1. The molecule has 0 spiro atoms. The van der Waals surface area contributed by atoms with E-state index in [2.05, 4.69) is 11.1 Å². The first-order chi connectivity index (χ1) is 15.1. The van der Waals surface area contributed by atoms with E-state index in [9.17, 15) is 14.4 Å². The molecule has 160 valence electrons. The number of hydrogen-bond acceptors (Lipinski definition) is 5. The maximum Gasteiger partial charge on any atom is 0.347 e. The molecule has 1 aliphatic rings. The molecule has 2 aromatic heterocycles. The van der Waals surface area contributed by atoms with E-state index < -0.39 is 11.7 Å². The van der Waals surface area contributed by atoms with E-state index in [-0.39, 0.29) is 18.4 Å². The molecule has 2 amide bonds. The lowest BCUT2D eigenvalue weighted by atomic mass is 9.99. The third-order valence-electron chi connectivity index (χ3n) is 5.56. The fourth-order valence-corrected chi connectivity index (χ4v) is 4.60. The van der Waals surface area contributed by atoms with Crippen molar-refractivity contribution < 1.29 is 9.59 Å². The highest BCUT2D eigenvalue weighted by atomic mass is 32.1. The summed E-state index contributed by atoms with van der Waals surface area (Å²) in [5.74, 6) is -0.303. The van der Waals surface area contributed by atoms with Crippen molar-refractivity contribution in [2.24, 2.45) is 0 Å². The summed E-state index contributed by atoms with van der Waals surface area (Å²) in [6.45, 7) is 3.37. The predicted octanol–water partition coefficient (Wildman–Crippen LogP) is 2.27. The molecule has 1 unspecified atom stereocenters. The van der Waals surface area contributed by atoms with Gasteiger partial charge in [-0.25, -0.2) is 9.78 Å². The van der Waals surface area contributed by atoms with E-state index in [0.717, 1.165) is 11.1 Å². The minimum atomic E-state index is -0.582. The van der Waals surface area contributed by atoms with Gasteiger partial charge < -0.3 is 9.80 Å². The van der Waals surface area contributed by atoms with E-state index in [1.807, 2.05) is 42.6 Å². The molecule has 8 heteroatoms. The van der Waals surface area contributed by atoms with E-state index in [1.165, 1.54) is 21.8 Å². The number of benzene rings is 1. The second kappa shape index (κ2) is 9.26. The summed E-state index contributed by atoms with van der Waals surface area (Å²) in [6, 6.07) is 13.3. The van der Waals surface area contributed by atoms with E-state index >= 15 is 0 Å². The fraction of sp³-hybridized carbons (Fsp3) is 0.304. The fourth-order valence-electron chi connectivity index (χ4n) is 3.86. The molecule has 3 heterocycles. The lowest BCUT2D eigenvalue weighted by molar-refractivity contribution is -0.151. The zero-order valence-corrected chi connectivity index (χ0v) is 18.1. The molecule has 0 saturated carbocycles. The number of piperazine rings is 1. The van der Waals surface area contributed by atoms with Crippen LogP contribution in [0.1, 0.15) is 12.5 Å². The maximum absolute atomic E-state index is 13.1. The average Bonchev–Trinajstić information content (AvgIpc) is 3.32. The highest BCUT2D eigenvalue weighted by Crippen LogP contribution is 2.25. The van der Waals surface area contributed by atoms with Gasteiger partial charge in [-0.15, -0.1) is 11.3 Å². The quantitative estimate of drug-likeness (QED) is 0.594. The van der Waals surface area contributed by atoms with Gasteiger partial charge in [-0.05, 0) is 35.6 Å². The zero-order valence-electron chi connectivity index (χ0n) is 17.3. The van der Waals surface area contributed by atoms with Gasteiger partial charge in [0, 0.05) is 43.3 Å². The average molecular weight is 437 g/mol. The van der Waals surface area contributed by atoms with Crippen LogP contribution in [0.4, 0.5) is 0 Å². The standard InChI is InChI=1S/C23H24N4O3S/c1-2-25-12-13-27(21(28)16-26-11-4-10-24-23(26)30)19(22(25)29)15-17-6-8-18(9-7-17)20-5-3-14-31-20/h3-11,14,19H,2,12-13,15-16H2,1H3. The number of amides is 2. The minimum absolute atomic E-state index is 0.0528. The Balaban J connectivity index is 1.55. The Morgan fingerprint density at radius 1 is 1.13 bits per heavy atom. The first-order valence-electron chi connectivity index (χ1n) is 10.3. The van der Waals surface area contributed by atoms with Gasteiger partial charge in [0.25, 0.3) is 0 Å². The topological polar surface area (TPSA) is 75.5 Å². The van der Waals surface area contributed by atoms with Crippen LogP contribution in [0.3, 0.4) is 0 Å². The Hall–Kier alpha value is -3.26. The van der Waals surface area contributed by atoms with Gasteiger partial charge in [0.1, 0.15) is 12.6 Å². The molecule has 0 N–H and O–H groups in total. The normalized spacial score (nSPS) is 16.5. The van der Waals surface area contributed by atoms with Crippen molar-refractivity contribution >= 4 is 23.2 Å². The van der Waals surface area contributed by atoms with Crippen molar-refractivity contribution in [3.05, 3.63) is 76.3 Å². The van der Waals surface area contributed by atoms with Crippen molar-refractivity contribution in [1.29, 1.82) is 0 Å². The molecule has 1 atom stereocenters. The molecular formula is C23H24N4O3S. The second-order valence-corrected chi connectivity index (χ2v) is 8.38. The van der Waals surface area contributed by atoms with Crippen molar-refractivity contribution in [3.8, 4) is 10.4 Å². The zero-order chi connectivity index (χ0) is 21.8. The Bertz CT molecular complexity index is 1110. The summed E-state index contributed by atoms with van der Waals surface area (Å²) in [5, 5.41) is 2.04. The molecular weight excluding hydrogens is 412 g/mol. The molecule has 7 nitrogen and oxygen atoms in total. The van der Waals surface area contributed by atoms with Crippen molar-refractivity contribution in [3.63, 3.8) is 0 Å². The smallest absolute Gasteiger partial charge is 0.339 e. The molecule has 3 aromatic rings. The van der Waals surface area contributed by atoms with Gasteiger partial charge in [0.05, 0.1) is 0 Å². The highest BCUT2D eigenvalue weighted by molar-refractivity contribution is 7.13. The van der Waals surface area contributed by atoms with Crippen LogP contribution >= 0.6 is 11.3 Å². The van der Waals surface area contributed by atoms with Crippen LogP contribution in [0.15, 0.2) is 65.0 Å². The summed E-state index contributed by atoms with van der Waals surface area (Å²) in [4.78, 5) is 46.3. The molecule has 1 fully saturated rings. The number of thiophene rings is 1. The highest BCUT2D eigenvalue weighted by Gasteiger charge is 2.36. The van der Waals surface area contributed by atoms with Gasteiger partial charge in [0.2, 0.25) is 11.8 Å². The largest absolute Gasteiger partial charge is 0.347 e. The Labute approximate surface area is 184 Å². The van der Waals surface area contributed by atoms with Crippen molar-refractivity contribution in [2.45, 2.75) is 25.9 Å². The third-order valence-corrected chi connectivity index (χ3v) is 6.48. The summed E-state index contributed by atoms with van der Waals surface area (Å²) >= 11 is 1.68. The number of rotatable bonds is 6. The lowest BCUT2D eigenvalue weighted by Crippen LogP contribution is -2.60. The van der Waals surface area contributed by atoms with Crippen LogP contribution in [0.5, 0.6) is 0 Å². The lowest BCUT2D eigenvalue weighted by Gasteiger charge is -2.40. The monoisotopic (exact) mass is 436 g/mol. The van der Waals surface area contributed by atoms with E-state index in [0.29, 0.717) is 26.1 Å².